The number of halogens is 1. The van der Waals surface area contributed by atoms with Gasteiger partial charge in [-0.05, 0) is 19.4 Å². The molecule has 1 aliphatic rings. The molecular weight excluding hydrogens is 316 g/mol. The molecule has 1 aliphatic heterocycles. The zero-order chi connectivity index (χ0) is 16.4. The fourth-order valence-electron chi connectivity index (χ4n) is 2.79. The monoisotopic (exact) mass is 336 g/mol. The summed E-state index contributed by atoms with van der Waals surface area (Å²) >= 11 is 5.97. The first-order valence-electron chi connectivity index (χ1n) is 7.72. The SMILES string of the molecule is CN(Cc1ncc(Cl)n1C)C(=O)c1cn(C2CCCNC2)cn1. The summed E-state index contributed by atoms with van der Waals surface area (Å²) in [5.74, 6) is 0.619. The van der Waals surface area contributed by atoms with Crippen LogP contribution in [0.1, 0.15) is 35.2 Å². The zero-order valence-electron chi connectivity index (χ0n) is 13.4. The number of aromatic nitrogens is 4. The zero-order valence-corrected chi connectivity index (χ0v) is 14.1. The Morgan fingerprint density at radius 3 is 3.00 bits per heavy atom. The van der Waals surface area contributed by atoms with Crippen LogP contribution in [-0.4, -0.2) is 50.0 Å². The predicted octanol–water partition coefficient (Wildman–Crippen LogP) is 1.47. The van der Waals surface area contributed by atoms with Crippen LogP contribution in [0.2, 0.25) is 5.15 Å². The van der Waals surface area contributed by atoms with Crippen molar-refractivity contribution in [1.82, 2.24) is 29.3 Å². The lowest BCUT2D eigenvalue weighted by Crippen LogP contribution is -2.31. The van der Waals surface area contributed by atoms with Gasteiger partial charge in [0, 0.05) is 32.9 Å². The van der Waals surface area contributed by atoms with E-state index in [2.05, 4.69) is 15.3 Å². The number of nitrogens with zero attached hydrogens (tertiary/aromatic N) is 5. The minimum absolute atomic E-state index is 0.119. The molecule has 1 amide bonds. The van der Waals surface area contributed by atoms with Gasteiger partial charge in [-0.3, -0.25) is 4.79 Å². The molecule has 1 N–H and O–H groups in total. The van der Waals surface area contributed by atoms with Crippen molar-refractivity contribution in [3.8, 4) is 0 Å². The van der Waals surface area contributed by atoms with E-state index in [0.717, 1.165) is 31.8 Å². The number of hydrogen-bond donors (Lipinski definition) is 1. The molecule has 2 aromatic rings. The first-order valence-corrected chi connectivity index (χ1v) is 8.10. The van der Waals surface area contributed by atoms with Crippen molar-refractivity contribution < 1.29 is 4.79 Å². The largest absolute Gasteiger partial charge is 0.333 e. The Kier molecular flexibility index (Phi) is 4.68. The van der Waals surface area contributed by atoms with Gasteiger partial charge in [-0.1, -0.05) is 11.6 Å². The van der Waals surface area contributed by atoms with Gasteiger partial charge in [-0.2, -0.15) is 0 Å². The van der Waals surface area contributed by atoms with Crippen LogP contribution >= 0.6 is 11.6 Å². The number of amides is 1. The summed E-state index contributed by atoms with van der Waals surface area (Å²) in [4.78, 5) is 22.6. The van der Waals surface area contributed by atoms with Gasteiger partial charge in [0.05, 0.1) is 19.1 Å². The molecule has 1 atom stereocenters. The van der Waals surface area contributed by atoms with Crippen LogP contribution in [0.5, 0.6) is 0 Å². The van der Waals surface area contributed by atoms with Crippen molar-refractivity contribution in [1.29, 1.82) is 0 Å². The van der Waals surface area contributed by atoms with E-state index in [1.807, 2.05) is 17.8 Å². The van der Waals surface area contributed by atoms with Gasteiger partial charge in [0.25, 0.3) is 5.91 Å². The molecule has 0 aliphatic carbocycles. The Balaban J connectivity index is 1.67. The van der Waals surface area contributed by atoms with E-state index in [4.69, 9.17) is 11.6 Å². The molecule has 0 aromatic carbocycles. The number of carbonyl (C=O) groups is 1. The maximum absolute atomic E-state index is 12.5. The summed E-state index contributed by atoms with van der Waals surface area (Å²) in [7, 11) is 3.57. The van der Waals surface area contributed by atoms with Crippen LogP contribution in [0.3, 0.4) is 0 Å². The highest BCUT2D eigenvalue weighted by Gasteiger charge is 2.20. The molecule has 3 rings (SSSR count). The van der Waals surface area contributed by atoms with Gasteiger partial charge >= 0.3 is 0 Å². The quantitative estimate of drug-likeness (QED) is 0.918. The number of nitrogens with one attached hydrogen (secondary N) is 1. The van der Waals surface area contributed by atoms with Crippen LogP contribution in [0.4, 0.5) is 0 Å². The normalized spacial score (nSPS) is 18.1. The van der Waals surface area contributed by atoms with E-state index in [-0.39, 0.29) is 5.91 Å². The number of carbonyl (C=O) groups excluding carboxylic acids is 1. The van der Waals surface area contributed by atoms with E-state index in [9.17, 15) is 4.79 Å². The molecule has 23 heavy (non-hydrogen) atoms. The van der Waals surface area contributed by atoms with Crippen molar-refractivity contribution in [2.24, 2.45) is 7.05 Å². The van der Waals surface area contributed by atoms with Crippen molar-refractivity contribution in [2.75, 3.05) is 20.1 Å². The Labute approximate surface area is 140 Å². The minimum Gasteiger partial charge on any atom is -0.333 e. The van der Waals surface area contributed by atoms with Gasteiger partial charge in [0.15, 0.2) is 0 Å². The maximum atomic E-state index is 12.5. The standard InChI is InChI=1S/C15H21ClN6O/c1-20(9-14-18-7-13(16)21(14)2)15(23)12-8-22(10-19-12)11-4-3-5-17-6-11/h7-8,10-11,17H,3-6,9H2,1-2H3. The molecule has 0 radical (unpaired) electrons. The van der Waals surface area contributed by atoms with E-state index < -0.39 is 0 Å². The van der Waals surface area contributed by atoms with Crippen LogP contribution in [0, 0.1) is 0 Å². The van der Waals surface area contributed by atoms with Crippen LogP contribution < -0.4 is 5.32 Å². The molecule has 3 heterocycles. The Morgan fingerprint density at radius 2 is 2.35 bits per heavy atom. The molecule has 0 saturated carbocycles. The lowest BCUT2D eigenvalue weighted by molar-refractivity contribution is 0.0775. The lowest BCUT2D eigenvalue weighted by atomic mass is 10.1. The third-order valence-corrected chi connectivity index (χ3v) is 4.62. The second kappa shape index (κ2) is 6.72. The number of imidazole rings is 2. The van der Waals surface area contributed by atoms with E-state index in [1.165, 1.54) is 0 Å². The Hall–Kier alpha value is -1.86. The number of hydrogen-bond acceptors (Lipinski definition) is 4. The van der Waals surface area contributed by atoms with Crippen LogP contribution in [0.15, 0.2) is 18.7 Å². The van der Waals surface area contributed by atoms with E-state index in [1.54, 1.807) is 29.0 Å². The maximum Gasteiger partial charge on any atom is 0.274 e. The molecular formula is C15H21ClN6O. The third-order valence-electron chi connectivity index (χ3n) is 4.27. The number of rotatable bonds is 4. The average Bonchev–Trinajstić information content (AvgIpc) is 3.18. The van der Waals surface area contributed by atoms with Crippen LogP contribution in [-0.2, 0) is 13.6 Å². The summed E-state index contributed by atoms with van der Waals surface area (Å²) in [5, 5.41) is 3.92. The first-order chi connectivity index (χ1) is 11.1. The number of piperidine rings is 1. The highest BCUT2D eigenvalue weighted by atomic mass is 35.5. The molecule has 0 bridgehead atoms. The fourth-order valence-corrected chi connectivity index (χ4v) is 2.93. The summed E-state index contributed by atoms with van der Waals surface area (Å²) in [6, 6.07) is 0.372. The minimum atomic E-state index is -0.119. The van der Waals surface area contributed by atoms with Crippen molar-refractivity contribution in [3.63, 3.8) is 0 Å². The second-order valence-electron chi connectivity index (χ2n) is 5.92. The summed E-state index contributed by atoms with van der Waals surface area (Å²) in [6.07, 6.45) is 7.42. The van der Waals surface area contributed by atoms with Gasteiger partial charge in [-0.15, -0.1) is 0 Å². The van der Waals surface area contributed by atoms with Crippen molar-refractivity contribution >= 4 is 17.5 Å². The molecule has 2 aromatic heterocycles. The predicted molar refractivity (Wildman–Crippen MR) is 87.4 cm³/mol. The van der Waals surface area contributed by atoms with Gasteiger partial charge < -0.3 is 19.4 Å². The smallest absolute Gasteiger partial charge is 0.274 e. The lowest BCUT2D eigenvalue weighted by Gasteiger charge is -2.23. The average molecular weight is 337 g/mol. The van der Waals surface area contributed by atoms with Gasteiger partial charge in [0.1, 0.15) is 16.7 Å². The molecule has 1 unspecified atom stereocenters. The third kappa shape index (κ3) is 3.40. The van der Waals surface area contributed by atoms with Gasteiger partial charge in [0.2, 0.25) is 0 Å². The van der Waals surface area contributed by atoms with E-state index >= 15 is 0 Å². The van der Waals surface area contributed by atoms with Crippen molar-refractivity contribution in [2.45, 2.75) is 25.4 Å². The Bertz CT molecular complexity index is 688. The molecule has 7 nitrogen and oxygen atoms in total. The highest BCUT2D eigenvalue weighted by molar-refractivity contribution is 6.29. The van der Waals surface area contributed by atoms with Crippen LogP contribution in [0.25, 0.3) is 0 Å². The molecule has 0 spiro atoms. The summed E-state index contributed by atoms with van der Waals surface area (Å²) < 4.78 is 3.79. The molecule has 8 heteroatoms. The second-order valence-corrected chi connectivity index (χ2v) is 6.31. The summed E-state index contributed by atoms with van der Waals surface area (Å²) in [6.45, 7) is 2.37. The van der Waals surface area contributed by atoms with Gasteiger partial charge in [-0.25, -0.2) is 9.97 Å². The Morgan fingerprint density at radius 1 is 1.52 bits per heavy atom. The summed E-state index contributed by atoms with van der Waals surface area (Å²) in [5.41, 5.74) is 0.457. The fraction of sp³-hybridized carbons (Fsp3) is 0.533. The molecule has 1 saturated heterocycles. The molecule has 1 fully saturated rings. The first kappa shape index (κ1) is 16.0. The topological polar surface area (TPSA) is 68.0 Å². The molecule has 124 valence electrons. The highest BCUT2D eigenvalue weighted by Crippen LogP contribution is 2.17. The van der Waals surface area contributed by atoms with E-state index in [0.29, 0.717) is 23.4 Å². The van der Waals surface area contributed by atoms with Crippen molar-refractivity contribution in [3.05, 3.63) is 35.4 Å².